The molecule has 0 saturated heterocycles. The van der Waals surface area contributed by atoms with Crippen molar-refractivity contribution in [2.45, 2.75) is 43.7 Å². The average Bonchev–Trinajstić information content (AvgIpc) is 2.92. The predicted octanol–water partition coefficient (Wildman–Crippen LogP) is 10.3. The highest BCUT2D eigenvalue weighted by molar-refractivity contribution is 7.80. The van der Waals surface area contributed by atoms with Crippen molar-refractivity contribution in [1.29, 1.82) is 0 Å². The number of rotatable bonds is 5. The average molecular weight is 517 g/mol. The molecule has 0 bridgehead atoms. The van der Waals surface area contributed by atoms with Gasteiger partial charge in [-0.25, -0.2) is 22.0 Å². The van der Waals surface area contributed by atoms with Crippen LogP contribution in [0.5, 0.6) is 0 Å². The third-order valence-electron chi connectivity index (χ3n) is 5.29. The zero-order valence-electron chi connectivity index (χ0n) is 20.0. The van der Waals surface area contributed by atoms with Crippen LogP contribution in [-0.2, 0) is 6.42 Å². The molecule has 1 atom stereocenters. The minimum Gasteiger partial charge on any atom is -0.234 e. The van der Waals surface area contributed by atoms with Gasteiger partial charge in [-0.05, 0) is 41.7 Å². The summed E-state index contributed by atoms with van der Waals surface area (Å²) in [7, 11) is 0. The van der Waals surface area contributed by atoms with Crippen molar-refractivity contribution in [3.63, 3.8) is 0 Å². The maximum Gasteiger partial charge on any atom is 0.197 e. The summed E-state index contributed by atoms with van der Waals surface area (Å²) in [5.41, 5.74) is 3.03. The van der Waals surface area contributed by atoms with E-state index in [2.05, 4.69) is 80.7 Å². The molecule has 0 amide bonds. The first-order valence-corrected chi connectivity index (χ1v) is 12.0. The molecule has 36 heavy (non-hydrogen) atoms. The van der Waals surface area contributed by atoms with E-state index < -0.39 is 35.1 Å². The largest absolute Gasteiger partial charge is 0.234 e. The summed E-state index contributed by atoms with van der Waals surface area (Å²) in [5, 5.41) is 0. The maximum absolute atomic E-state index is 12.4. The first-order valence-electron chi connectivity index (χ1n) is 11.6. The standard InChI is InChI=1S/C17H20.C7H3F5.C6H6S/c1-2-3-5-8-15-11-13-17(14-12-15)16-9-6-4-7-10-16;1-2-3(8)5(10)7(12)6(11)4(2)9;7-6-4-2-1-3-5-6/h4,6-7,9-14H,2-3,5,8H2,1H3;3H,1H2;1-5,7H. The summed E-state index contributed by atoms with van der Waals surface area (Å²) in [6, 6.07) is 29.3. The second-order valence-electron chi connectivity index (χ2n) is 8.03. The van der Waals surface area contributed by atoms with Crippen LogP contribution in [0.3, 0.4) is 0 Å². The Balaban J connectivity index is 0.000000208. The Hall–Kier alpha value is -3.12. The van der Waals surface area contributed by atoms with E-state index in [1.165, 1.54) is 42.4 Å². The monoisotopic (exact) mass is 516 g/mol. The SMILES string of the molecule is C=C1C(F)=C(F)C(F)=C(F)C1F.CCCCCc1ccc(-c2ccccc2)cc1.Sc1ccccc1. The van der Waals surface area contributed by atoms with Gasteiger partial charge < -0.3 is 0 Å². The third kappa shape index (κ3) is 8.83. The number of thiol groups is 1. The van der Waals surface area contributed by atoms with E-state index in [9.17, 15) is 22.0 Å². The summed E-state index contributed by atoms with van der Waals surface area (Å²) >= 11 is 4.08. The summed E-state index contributed by atoms with van der Waals surface area (Å²) in [5.74, 6) is -7.92. The van der Waals surface area contributed by atoms with E-state index in [1.807, 2.05) is 30.3 Å². The first kappa shape index (κ1) is 29.1. The van der Waals surface area contributed by atoms with E-state index in [-0.39, 0.29) is 0 Å². The molecule has 0 heterocycles. The van der Waals surface area contributed by atoms with Crippen LogP contribution in [-0.4, -0.2) is 6.17 Å². The molecule has 0 N–H and O–H groups in total. The molecule has 0 radical (unpaired) electrons. The Morgan fingerprint density at radius 2 is 1.22 bits per heavy atom. The van der Waals surface area contributed by atoms with Gasteiger partial charge in [-0.15, -0.1) is 12.6 Å². The highest BCUT2D eigenvalue weighted by Gasteiger charge is 2.34. The van der Waals surface area contributed by atoms with Crippen LogP contribution in [0.15, 0.2) is 125 Å². The lowest BCUT2D eigenvalue weighted by atomic mass is 10.0. The van der Waals surface area contributed by atoms with Crippen LogP contribution in [0.4, 0.5) is 22.0 Å². The number of alkyl halides is 1. The lowest BCUT2D eigenvalue weighted by Crippen LogP contribution is -2.12. The van der Waals surface area contributed by atoms with Crippen molar-refractivity contribution in [3.05, 3.63) is 126 Å². The summed E-state index contributed by atoms with van der Waals surface area (Å²) in [6.45, 7) is 4.97. The maximum atomic E-state index is 12.4. The Labute approximate surface area is 215 Å². The van der Waals surface area contributed by atoms with Crippen molar-refractivity contribution in [2.75, 3.05) is 0 Å². The summed E-state index contributed by atoms with van der Waals surface area (Å²) in [6.07, 6.45) is 2.52. The van der Waals surface area contributed by atoms with E-state index >= 15 is 0 Å². The number of allylic oxidation sites excluding steroid dienone is 5. The molecule has 190 valence electrons. The Morgan fingerprint density at radius 3 is 1.72 bits per heavy atom. The van der Waals surface area contributed by atoms with Crippen LogP contribution in [0.2, 0.25) is 0 Å². The molecule has 0 aliphatic heterocycles. The summed E-state index contributed by atoms with van der Waals surface area (Å²) in [4.78, 5) is 1.02. The smallest absolute Gasteiger partial charge is 0.197 e. The van der Waals surface area contributed by atoms with Gasteiger partial charge in [0.2, 0.25) is 0 Å². The fraction of sp³-hybridized carbons (Fsp3) is 0.200. The zero-order valence-corrected chi connectivity index (χ0v) is 20.9. The van der Waals surface area contributed by atoms with Crippen LogP contribution < -0.4 is 0 Å². The van der Waals surface area contributed by atoms with E-state index in [4.69, 9.17) is 0 Å². The van der Waals surface area contributed by atoms with Crippen LogP contribution in [0.25, 0.3) is 11.1 Å². The van der Waals surface area contributed by atoms with E-state index in [0.29, 0.717) is 0 Å². The van der Waals surface area contributed by atoms with Gasteiger partial charge >= 0.3 is 0 Å². The van der Waals surface area contributed by atoms with Gasteiger partial charge in [-0.2, -0.15) is 0 Å². The Morgan fingerprint density at radius 1 is 0.694 bits per heavy atom. The quantitative estimate of drug-likeness (QED) is 0.195. The highest BCUT2D eigenvalue weighted by atomic mass is 32.1. The number of hydrogen-bond acceptors (Lipinski definition) is 1. The van der Waals surface area contributed by atoms with Gasteiger partial charge in [0.15, 0.2) is 29.5 Å². The number of unbranched alkanes of at least 4 members (excludes halogenated alkanes) is 2. The molecule has 0 fully saturated rings. The topological polar surface area (TPSA) is 0 Å². The van der Waals surface area contributed by atoms with Gasteiger partial charge in [-0.1, -0.05) is 99.1 Å². The zero-order chi connectivity index (χ0) is 26.5. The fourth-order valence-electron chi connectivity index (χ4n) is 3.22. The molecule has 6 heteroatoms. The number of hydrogen-bond donors (Lipinski definition) is 1. The van der Waals surface area contributed by atoms with Crippen molar-refractivity contribution >= 4 is 12.6 Å². The first-order chi connectivity index (χ1) is 17.3. The number of halogens is 5. The molecular formula is C30H29F5S. The Bertz CT molecular complexity index is 1150. The normalized spacial score (nSPS) is 15.1. The molecule has 4 rings (SSSR count). The predicted molar refractivity (Wildman–Crippen MR) is 141 cm³/mol. The van der Waals surface area contributed by atoms with Gasteiger partial charge in [-0.3, -0.25) is 0 Å². The van der Waals surface area contributed by atoms with Gasteiger partial charge in [0.05, 0.1) is 0 Å². The third-order valence-corrected chi connectivity index (χ3v) is 5.59. The molecule has 3 aromatic rings. The van der Waals surface area contributed by atoms with Crippen molar-refractivity contribution < 1.29 is 22.0 Å². The molecule has 3 aromatic carbocycles. The summed E-state index contributed by atoms with van der Waals surface area (Å²) < 4.78 is 61.5. The van der Waals surface area contributed by atoms with Gasteiger partial charge in [0.1, 0.15) is 0 Å². The molecule has 0 spiro atoms. The lowest BCUT2D eigenvalue weighted by Gasteiger charge is -2.13. The van der Waals surface area contributed by atoms with Crippen molar-refractivity contribution in [3.8, 4) is 11.1 Å². The minimum atomic E-state index is -2.62. The molecule has 0 nitrogen and oxygen atoms in total. The number of benzene rings is 3. The van der Waals surface area contributed by atoms with E-state index in [0.717, 1.165) is 4.90 Å². The Kier molecular flexibility index (Phi) is 12.2. The fourth-order valence-corrected chi connectivity index (χ4v) is 3.39. The molecule has 1 aliphatic rings. The molecule has 0 saturated carbocycles. The highest BCUT2D eigenvalue weighted by Crippen LogP contribution is 2.37. The molecular weight excluding hydrogens is 487 g/mol. The second-order valence-corrected chi connectivity index (χ2v) is 8.55. The van der Waals surface area contributed by atoms with Crippen molar-refractivity contribution in [1.82, 2.24) is 0 Å². The van der Waals surface area contributed by atoms with Crippen LogP contribution in [0.1, 0.15) is 31.7 Å². The molecule has 1 unspecified atom stereocenters. The van der Waals surface area contributed by atoms with Gasteiger partial charge in [0, 0.05) is 10.5 Å². The lowest BCUT2D eigenvalue weighted by molar-refractivity contribution is 0.323. The molecule has 0 aromatic heterocycles. The second kappa shape index (κ2) is 15.1. The van der Waals surface area contributed by atoms with Crippen LogP contribution in [0, 0.1) is 0 Å². The minimum absolute atomic E-state index is 1.02. The van der Waals surface area contributed by atoms with Gasteiger partial charge in [0.25, 0.3) is 0 Å². The van der Waals surface area contributed by atoms with E-state index in [1.54, 1.807) is 0 Å². The van der Waals surface area contributed by atoms with Crippen molar-refractivity contribution in [2.24, 2.45) is 0 Å². The number of aryl methyl sites for hydroxylation is 1. The van der Waals surface area contributed by atoms with Crippen LogP contribution >= 0.6 is 12.6 Å². The molecule has 1 aliphatic carbocycles.